The summed E-state index contributed by atoms with van der Waals surface area (Å²) in [6.07, 6.45) is 1.25. The van der Waals surface area contributed by atoms with E-state index in [1.165, 1.54) is 22.3 Å². The van der Waals surface area contributed by atoms with Crippen LogP contribution in [0, 0.1) is 5.92 Å². The van der Waals surface area contributed by atoms with E-state index < -0.39 is 0 Å². The first-order chi connectivity index (χ1) is 7.16. The van der Waals surface area contributed by atoms with Gasteiger partial charge in [-0.2, -0.15) is 0 Å². The fourth-order valence-electron chi connectivity index (χ4n) is 2.08. The molecule has 1 aromatic heterocycles. The van der Waals surface area contributed by atoms with Crippen LogP contribution in [0.3, 0.4) is 0 Å². The molecule has 1 aliphatic rings. The smallest absolute Gasteiger partial charge is 0.0339 e. The highest BCUT2D eigenvalue weighted by atomic mass is 79.9. The van der Waals surface area contributed by atoms with Crippen molar-refractivity contribution in [1.29, 1.82) is 0 Å². The van der Waals surface area contributed by atoms with Gasteiger partial charge in [0.25, 0.3) is 0 Å². The van der Waals surface area contributed by atoms with Crippen molar-refractivity contribution in [3.05, 3.63) is 20.8 Å². The molecule has 2 rings (SSSR count). The van der Waals surface area contributed by atoms with E-state index in [2.05, 4.69) is 39.2 Å². The number of hydrogen-bond acceptors (Lipinski definition) is 3. The maximum Gasteiger partial charge on any atom is 0.0339 e. The molecule has 1 fully saturated rings. The first-order valence-corrected chi connectivity index (χ1v) is 7.04. The van der Waals surface area contributed by atoms with Crippen molar-refractivity contribution in [2.75, 3.05) is 13.1 Å². The Morgan fingerprint density at radius 2 is 2.53 bits per heavy atom. The second kappa shape index (κ2) is 4.95. The van der Waals surface area contributed by atoms with Crippen LogP contribution in [0.1, 0.15) is 18.2 Å². The van der Waals surface area contributed by atoms with Crippen LogP contribution < -0.4 is 5.73 Å². The molecule has 2 heterocycles. The molecule has 1 aliphatic heterocycles. The van der Waals surface area contributed by atoms with E-state index in [0.29, 0.717) is 12.0 Å². The van der Waals surface area contributed by atoms with Gasteiger partial charge in [0.1, 0.15) is 0 Å². The van der Waals surface area contributed by atoms with Crippen molar-refractivity contribution >= 4 is 27.3 Å². The van der Waals surface area contributed by atoms with Gasteiger partial charge in [0.2, 0.25) is 0 Å². The predicted molar refractivity (Wildman–Crippen MR) is 69.1 cm³/mol. The highest BCUT2D eigenvalue weighted by Gasteiger charge is 2.25. The maximum absolute atomic E-state index is 5.93. The van der Waals surface area contributed by atoms with Crippen LogP contribution in [0.25, 0.3) is 0 Å². The summed E-state index contributed by atoms with van der Waals surface area (Å²) in [5.74, 6) is 0.684. The molecule has 0 spiro atoms. The second-order valence-corrected chi connectivity index (χ2v) is 6.19. The lowest BCUT2D eigenvalue weighted by atomic mass is 10.0. The van der Waals surface area contributed by atoms with Crippen molar-refractivity contribution in [3.8, 4) is 0 Å². The minimum atomic E-state index is 0.335. The van der Waals surface area contributed by atoms with Gasteiger partial charge < -0.3 is 5.73 Å². The summed E-state index contributed by atoms with van der Waals surface area (Å²) in [6, 6.07) is 2.46. The van der Waals surface area contributed by atoms with Gasteiger partial charge in [-0.05, 0) is 53.2 Å². The topological polar surface area (TPSA) is 29.3 Å². The third-order valence-corrected chi connectivity index (χ3v) is 5.02. The molecule has 0 bridgehead atoms. The van der Waals surface area contributed by atoms with Gasteiger partial charge in [0.05, 0.1) is 0 Å². The molecule has 2 unspecified atom stereocenters. The molecule has 2 atom stereocenters. The number of halogens is 1. The zero-order valence-corrected chi connectivity index (χ0v) is 11.4. The second-order valence-electron chi connectivity index (χ2n) is 4.33. The fourth-order valence-corrected chi connectivity index (χ4v) is 3.60. The van der Waals surface area contributed by atoms with Crippen molar-refractivity contribution in [2.24, 2.45) is 11.7 Å². The summed E-state index contributed by atoms with van der Waals surface area (Å²) in [4.78, 5) is 3.94. The van der Waals surface area contributed by atoms with Crippen LogP contribution >= 0.6 is 27.3 Å². The summed E-state index contributed by atoms with van der Waals surface area (Å²) < 4.78 is 1.25. The monoisotopic (exact) mass is 288 g/mol. The molecule has 0 aromatic carbocycles. The zero-order valence-electron chi connectivity index (χ0n) is 8.95. The molecule has 0 saturated carbocycles. The quantitative estimate of drug-likeness (QED) is 0.927. The standard InChI is InChI=1S/C11H17BrN2S/c1-8(13)9-2-4-14(6-9)7-11-10(12)3-5-15-11/h3,5,8-9H,2,4,6-7,13H2,1H3. The van der Waals surface area contributed by atoms with Crippen molar-refractivity contribution in [1.82, 2.24) is 4.90 Å². The molecule has 0 amide bonds. The maximum atomic E-state index is 5.93. The Morgan fingerprint density at radius 1 is 1.73 bits per heavy atom. The van der Waals surface area contributed by atoms with Gasteiger partial charge >= 0.3 is 0 Å². The van der Waals surface area contributed by atoms with Gasteiger partial charge in [-0.15, -0.1) is 11.3 Å². The van der Waals surface area contributed by atoms with Gasteiger partial charge in [0.15, 0.2) is 0 Å². The van der Waals surface area contributed by atoms with E-state index >= 15 is 0 Å². The van der Waals surface area contributed by atoms with Gasteiger partial charge in [-0.25, -0.2) is 0 Å². The highest BCUT2D eigenvalue weighted by Crippen LogP contribution is 2.27. The Labute approximate surface area is 104 Å². The number of hydrogen-bond donors (Lipinski definition) is 1. The molecule has 1 saturated heterocycles. The third-order valence-electron chi connectivity index (χ3n) is 3.11. The predicted octanol–water partition coefficient (Wildman–Crippen LogP) is 2.68. The molecule has 0 aliphatic carbocycles. The van der Waals surface area contributed by atoms with Crippen LogP contribution in [0.5, 0.6) is 0 Å². The van der Waals surface area contributed by atoms with Gasteiger partial charge in [-0.3, -0.25) is 4.90 Å². The number of nitrogens with two attached hydrogens (primary N) is 1. The summed E-state index contributed by atoms with van der Waals surface area (Å²) >= 11 is 5.40. The molecule has 1 aromatic rings. The lowest BCUT2D eigenvalue weighted by Crippen LogP contribution is -2.29. The minimum Gasteiger partial charge on any atom is -0.328 e. The van der Waals surface area contributed by atoms with Crippen LogP contribution in [0.15, 0.2) is 15.9 Å². The summed E-state index contributed by atoms with van der Waals surface area (Å²) in [7, 11) is 0. The molecule has 2 nitrogen and oxygen atoms in total. The largest absolute Gasteiger partial charge is 0.328 e. The van der Waals surface area contributed by atoms with Crippen LogP contribution in [0.4, 0.5) is 0 Å². The third kappa shape index (κ3) is 2.81. The minimum absolute atomic E-state index is 0.335. The normalized spacial score (nSPS) is 24.6. The summed E-state index contributed by atoms with van der Waals surface area (Å²) in [5.41, 5.74) is 5.93. The molecular weight excluding hydrogens is 272 g/mol. The van der Waals surface area contributed by atoms with Gasteiger partial charge in [0, 0.05) is 28.5 Å². The average Bonchev–Trinajstić information content (AvgIpc) is 2.77. The van der Waals surface area contributed by atoms with Crippen molar-refractivity contribution in [2.45, 2.75) is 25.9 Å². The zero-order chi connectivity index (χ0) is 10.8. The van der Waals surface area contributed by atoms with E-state index in [-0.39, 0.29) is 0 Å². The highest BCUT2D eigenvalue weighted by molar-refractivity contribution is 9.10. The van der Waals surface area contributed by atoms with E-state index in [9.17, 15) is 0 Å². The Morgan fingerprint density at radius 3 is 3.07 bits per heavy atom. The van der Waals surface area contributed by atoms with E-state index in [4.69, 9.17) is 5.73 Å². The van der Waals surface area contributed by atoms with Gasteiger partial charge in [-0.1, -0.05) is 0 Å². The lowest BCUT2D eigenvalue weighted by Gasteiger charge is -2.17. The molecule has 0 radical (unpaired) electrons. The number of likely N-dealkylation sites (tertiary alicyclic amines) is 1. The Kier molecular flexibility index (Phi) is 3.83. The van der Waals surface area contributed by atoms with Crippen molar-refractivity contribution in [3.63, 3.8) is 0 Å². The van der Waals surface area contributed by atoms with E-state index in [1.807, 2.05) is 11.3 Å². The van der Waals surface area contributed by atoms with Crippen LogP contribution in [-0.2, 0) is 6.54 Å². The average molecular weight is 289 g/mol. The molecule has 84 valence electrons. The Bertz CT molecular complexity index is 324. The van der Waals surface area contributed by atoms with Crippen LogP contribution in [0.2, 0.25) is 0 Å². The Balaban J connectivity index is 1.90. The molecule has 15 heavy (non-hydrogen) atoms. The lowest BCUT2D eigenvalue weighted by molar-refractivity contribution is 0.310. The first kappa shape index (κ1) is 11.6. The molecule has 2 N–H and O–H groups in total. The van der Waals surface area contributed by atoms with Crippen LogP contribution in [-0.4, -0.2) is 24.0 Å². The SMILES string of the molecule is CC(N)C1CCN(Cc2sccc2Br)C1. The number of rotatable bonds is 3. The van der Waals surface area contributed by atoms with E-state index in [1.54, 1.807) is 0 Å². The number of thiophene rings is 1. The number of nitrogens with zero attached hydrogens (tertiary/aromatic N) is 1. The van der Waals surface area contributed by atoms with E-state index in [0.717, 1.165) is 13.1 Å². The first-order valence-electron chi connectivity index (χ1n) is 5.36. The van der Waals surface area contributed by atoms with Crippen molar-refractivity contribution < 1.29 is 0 Å². The fraction of sp³-hybridized carbons (Fsp3) is 0.636. The molecule has 4 heteroatoms. The Hall–Kier alpha value is 0.100. The molecular formula is C11H17BrN2S. The summed E-state index contributed by atoms with van der Waals surface area (Å²) in [5, 5.41) is 2.14. The summed E-state index contributed by atoms with van der Waals surface area (Å²) in [6.45, 7) is 5.54.